The number of aliphatic imine (C=N–C) groups is 1. The highest BCUT2D eigenvalue weighted by atomic mass is 16.5. The van der Waals surface area contributed by atoms with Gasteiger partial charge in [-0.15, -0.1) is 0 Å². The van der Waals surface area contributed by atoms with Crippen LogP contribution in [0.3, 0.4) is 0 Å². The van der Waals surface area contributed by atoms with Crippen molar-refractivity contribution in [2.24, 2.45) is 4.99 Å². The van der Waals surface area contributed by atoms with Gasteiger partial charge in [-0.25, -0.2) is 0 Å². The number of nitrogens with zero attached hydrogens (tertiary/aromatic N) is 1. The second-order valence-corrected chi connectivity index (χ2v) is 5.31. The van der Waals surface area contributed by atoms with E-state index in [0.29, 0.717) is 6.61 Å². The van der Waals surface area contributed by atoms with Gasteiger partial charge in [0.05, 0.1) is 11.3 Å². The quantitative estimate of drug-likeness (QED) is 0.807. The molecule has 0 aliphatic heterocycles. The predicted octanol–water partition coefficient (Wildman–Crippen LogP) is 3.37. The Labute approximate surface area is 121 Å². The normalized spacial score (nSPS) is 18.0. The highest BCUT2D eigenvalue weighted by molar-refractivity contribution is 6.08. The Hall–Kier alpha value is -1.61. The fourth-order valence-electron chi connectivity index (χ4n) is 2.56. The first kappa shape index (κ1) is 14.8. The zero-order valence-corrected chi connectivity index (χ0v) is 12.1. The molecule has 1 saturated carbocycles. The second kappa shape index (κ2) is 6.71. The van der Waals surface area contributed by atoms with Crippen molar-refractivity contribution in [3.05, 3.63) is 42.5 Å². The van der Waals surface area contributed by atoms with Crippen molar-refractivity contribution in [3.8, 4) is 5.75 Å². The SMILES string of the molecule is C=CC(=NCC)c1ccc(OCC2(O)CCCC2)cc1. The molecule has 0 saturated heterocycles. The summed E-state index contributed by atoms with van der Waals surface area (Å²) in [5.41, 5.74) is 1.30. The maximum Gasteiger partial charge on any atom is 0.119 e. The summed E-state index contributed by atoms with van der Waals surface area (Å²) in [6.45, 7) is 6.91. The van der Waals surface area contributed by atoms with Crippen LogP contribution in [0.1, 0.15) is 38.2 Å². The summed E-state index contributed by atoms with van der Waals surface area (Å²) < 4.78 is 5.71. The molecule has 3 nitrogen and oxygen atoms in total. The van der Waals surface area contributed by atoms with Gasteiger partial charge in [-0.3, -0.25) is 4.99 Å². The van der Waals surface area contributed by atoms with Crippen molar-refractivity contribution in [2.45, 2.75) is 38.2 Å². The maximum atomic E-state index is 10.2. The summed E-state index contributed by atoms with van der Waals surface area (Å²) >= 11 is 0. The molecule has 0 heterocycles. The number of ether oxygens (including phenoxy) is 1. The Morgan fingerprint density at radius 2 is 2.00 bits per heavy atom. The molecular weight excluding hydrogens is 250 g/mol. The van der Waals surface area contributed by atoms with Crippen LogP contribution in [-0.4, -0.2) is 29.6 Å². The molecule has 1 N–H and O–H groups in total. The van der Waals surface area contributed by atoms with Gasteiger partial charge in [0.25, 0.3) is 0 Å². The Kier molecular flexibility index (Phi) is 4.96. The molecule has 20 heavy (non-hydrogen) atoms. The lowest BCUT2D eigenvalue weighted by molar-refractivity contribution is 0.00141. The van der Waals surface area contributed by atoms with Gasteiger partial charge in [-0.05, 0) is 55.7 Å². The summed E-state index contributed by atoms with van der Waals surface area (Å²) in [5, 5.41) is 10.2. The zero-order chi connectivity index (χ0) is 14.4. The van der Waals surface area contributed by atoms with Crippen molar-refractivity contribution >= 4 is 5.71 Å². The van der Waals surface area contributed by atoms with Crippen LogP contribution in [0.4, 0.5) is 0 Å². The molecule has 1 aromatic rings. The van der Waals surface area contributed by atoms with Crippen molar-refractivity contribution in [3.63, 3.8) is 0 Å². The van der Waals surface area contributed by atoms with E-state index in [9.17, 15) is 5.11 Å². The highest BCUT2D eigenvalue weighted by Crippen LogP contribution is 2.30. The topological polar surface area (TPSA) is 41.8 Å². The van der Waals surface area contributed by atoms with Crippen LogP contribution in [0.2, 0.25) is 0 Å². The standard InChI is InChI=1S/C17H23NO2/c1-3-16(18-4-2)14-7-9-15(10-8-14)20-13-17(19)11-5-6-12-17/h3,7-10,19H,1,4-6,11-13H2,2H3. The number of aliphatic hydroxyl groups is 1. The monoisotopic (exact) mass is 273 g/mol. The van der Waals surface area contributed by atoms with Gasteiger partial charge in [0, 0.05) is 6.54 Å². The summed E-state index contributed by atoms with van der Waals surface area (Å²) in [7, 11) is 0. The minimum atomic E-state index is -0.630. The van der Waals surface area contributed by atoms with Crippen LogP contribution < -0.4 is 4.74 Å². The molecule has 0 atom stereocenters. The van der Waals surface area contributed by atoms with Gasteiger partial charge < -0.3 is 9.84 Å². The molecule has 1 aliphatic carbocycles. The first-order chi connectivity index (χ1) is 9.67. The van der Waals surface area contributed by atoms with Crippen LogP contribution in [0.25, 0.3) is 0 Å². The molecule has 108 valence electrons. The average molecular weight is 273 g/mol. The fraction of sp³-hybridized carbons (Fsp3) is 0.471. The molecule has 0 unspecified atom stereocenters. The van der Waals surface area contributed by atoms with Crippen LogP contribution in [-0.2, 0) is 0 Å². The number of benzene rings is 1. The zero-order valence-electron chi connectivity index (χ0n) is 12.1. The third-order valence-electron chi connectivity index (χ3n) is 3.71. The average Bonchev–Trinajstić information content (AvgIpc) is 2.91. The lowest BCUT2D eigenvalue weighted by Gasteiger charge is -2.22. The maximum absolute atomic E-state index is 10.2. The molecular formula is C17H23NO2. The molecule has 1 fully saturated rings. The van der Waals surface area contributed by atoms with Crippen LogP contribution in [0.15, 0.2) is 41.9 Å². The molecule has 0 spiro atoms. The lowest BCUT2D eigenvalue weighted by atomic mass is 10.0. The van der Waals surface area contributed by atoms with Gasteiger partial charge in [0.15, 0.2) is 0 Å². The van der Waals surface area contributed by atoms with Gasteiger partial charge in [-0.2, -0.15) is 0 Å². The largest absolute Gasteiger partial charge is 0.491 e. The van der Waals surface area contributed by atoms with Crippen molar-refractivity contribution in [1.29, 1.82) is 0 Å². The van der Waals surface area contributed by atoms with Gasteiger partial charge >= 0.3 is 0 Å². The van der Waals surface area contributed by atoms with Crippen molar-refractivity contribution < 1.29 is 9.84 Å². The van der Waals surface area contributed by atoms with E-state index in [4.69, 9.17) is 4.74 Å². The summed E-state index contributed by atoms with van der Waals surface area (Å²) in [6, 6.07) is 7.79. The highest BCUT2D eigenvalue weighted by Gasteiger charge is 2.31. The molecule has 1 aromatic carbocycles. The molecule has 2 rings (SSSR count). The van der Waals surface area contributed by atoms with Gasteiger partial charge in [0.1, 0.15) is 12.4 Å². The molecule has 0 amide bonds. The number of hydrogen-bond donors (Lipinski definition) is 1. The summed E-state index contributed by atoms with van der Waals surface area (Å²) in [6.07, 6.45) is 5.63. The Morgan fingerprint density at radius 3 is 2.55 bits per heavy atom. The third-order valence-corrected chi connectivity index (χ3v) is 3.71. The minimum Gasteiger partial charge on any atom is -0.491 e. The first-order valence-corrected chi connectivity index (χ1v) is 7.29. The summed E-state index contributed by atoms with van der Waals surface area (Å²) in [4.78, 5) is 4.38. The third kappa shape index (κ3) is 3.70. The second-order valence-electron chi connectivity index (χ2n) is 5.31. The Balaban J connectivity index is 1.97. The van der Waals surface area contributed by atoms with Crippen molar-refractivity contribution in [2.75, 3.05) is 13.2 Å². The molecule has 0 bridgehead atoms. The van der Waals surface area contributed by atoms with Crippen LogP contribution in [0.5, 0.6) is 5.75 Å². The predicted molar refractivity (Wildman–Crippen MR) is 82.6 cm³/mol. The van der Waals surface area contributed by atoms with E-state index >= 15 is 0 Å². The van der Waals surface area contributed by atoms with E-state index in [1.165, 1.54) is 0 Å². The Bertz CT molecular complexity index is 470. The van der Waals surface area contributed by atoms with E-state index < -0.39 is 5.60 Å². The molecule has 1 aliphatic rings. The molecule has 0 radical (unpaired) electrons. The smallest absolute Gasteiger partial charge is 0.119 e. The number of rotatable bonds is 6. The van der Waals surface area contributed by atoms with E-state index in [-0.39, 0.29) is 0 Å². The van der Waals surface area contributed by atoms with E-state index in [2.05, 4.69) is 11.6 Å². The molecule has 0 aromatic heterocycles. The van der Waals surface area contributed by atoms with E-state index in [0.717, 1.165) is 49.3 Å². The number of hydrogen-bond acceptors (Lipinski definition) is 3. The Morgan fingerprint density at radius 1 is 1.35 bits per heavy atom. The van der Waals surface area contributed by atoms with Crippen LogP contribution in [0, 0.1) is 0 Å². The van der Waals surface area contributed by atoms with E-state index in [1.54, 1.807) is 6.08 Å². The van der Waals surface area contributed by atoms with Gasteiger partial charge in [-0.1, -0.05) is 19.4 Å². The minimum absolute atomic E-state index is 0.379. The first-order valence-electron chi connectivity index (χ1n) is 7.29. The summed E-state index contributed by atoms with van der Waals surface area (Å²) in [5.74, 6) is 0.786. The van der Waals surface area contributed by atoms with Crippen LogP contribution >= 0.6 is 0 Å². The lowest BCUT2D eigenvalue weighted by Crippen LogP contribution is -2.32. The van der Waals surface area contributed by atoms with E-state index in [1.807, 2.05) is 31.2 Å². The van der Waals surface area contributed by atoms with Gasteiger partial charge in [0.2, 0.25) is 0 Å². The number of allylic oxidation sites excluding steroid dienone is 1. The molecule has 3 heteroatoms. The fourth-order valence-corrected chi connectivity index (χ4v) is 2.56. The van der Waals surface area contributed by atoms with Crippen molar-refractivity contribution in [1.82, 2.24) is 0 Å².